The zero-order valence-electron chi connectivity index (χ0n) is 7.90. The lowest BCUT2D eigenvalue weighted by Crippen LogP contribution is -1.88. The Morgan fingerprint density at radius 1 is 1.50 bits per heavy atom. The minimum Gasteiger partial charge on any atom is -0.446 e. The predicted octanol–water partition coefficient (Wildman–Crippen LogP) is 2.26. The summed E-state index contributed by atoms with van der Waals surface area (Å²) in [5.74, 6) is 0.584. The molecule has 14 heavy (non-hydrogen) atoms. The standard InChI is InChI=1S/C10H11N3O/c1-2-3-6-14-10-8-4-5-11-9(8)12-7-13-10/h3-7H,2H2,1H3,(H,11,12,13). The highest BCUT2D eigenvalue weighted by atomic mass is 16.5. The molecule has 0 bridgehead atoms. The van der Waals surface area contributed by atoms with Gasteiger partial charge in [0.15, 0.2) is 0 Å². The van der Waals surface area contributed by atoms with Crippen molar-refractivity contribution in [1.82, 2.24) is 15.0 Å². The van der Waals surface area contributed by atoms with Crippen LogP contribution in [0.1, 0.15) is 13.3 Å². The largest absolute Gasteiger partial charge is 0.446 e. The Balaban J connectivity index is 2.32. The number of fused-ring (bicyclic) bond motifs is 1. The summed E-state index contributed by atoms with van der Waals surface area (Å²) in [6.45, 7) is 2.05. The SMILES string of the molecule is CCC=COc1ncnc2[nH]ccc12. The Bertz CT molecular complexity index is 447. The normalized spacial score (nSPS) is 11.2. The number of aromatic amines is 1. The highest BCUT2D eigenvalue weighted by Gasteiger charge is 2.02. The van der Waals surface area contributed by atoms with Crippen molar-refractivity contribution in [1.29, 1.82) is 0 Å². The van der Waals surface area contributed by atoms with Gasteiger partial charge in [0, 0.05) is 6.20 Å². The van der Waals surface area contributed by atoms with Crippen LogP contribution in [0.15, 0.2) is 30.9 Å². The van der Waals surface area contributed by atoms with Crippen LogP contribution in [0.3, 0.4) is 0 Å². The number of aromatic nitrogens is 3. The van der Waals surface area contributed by atoms with Crippen LogP contribution in [0.2, 0.25) is 0 Å². The first kappa shape index (κ1) is 8.74. The van der Waals surface area contributed by atoms with E-state index in [4.69, 9.17) is 4.74 Å². The molecule has 0 aliphatic rings. The lowest BCUT2D eigenvalue weighted by Gasteiger charge is -1.98. The molecule has 0 aliphatic heterocycles. The molecule has 0 aliphatic carbocycles. The van der Waals surface area contributed by atoms with Crippen molar-refractivity contribution in [2.45, 2.75) is 13.3 Å². The fraction of sp³-hybridized carbons (Fsp3) is 0.200. The summed E-state index contributed by atoms with van der Waals surface area (Å²) < 4.78 is 5.37. The summed E-state index contributed by atoms with van der Waals surface area (Å²) in [5, 5.41) is 0.897. The minimum atomic E-state index is 0.584. The molecule has 0 aromatic carbocycles. The summed E-state index contributed by atoms with van der Waals surface area (Å²) in [5.41, 5.74) is 0.792. The average Bonchev–Trinajstić information content (AvgIpc) is 2.67. The first-order chi connectivity index (χ1) is 6.92. The second-order valence-electron chi connectivity index (χ2n) is 2.82. The summed E-state index contributed by atoms with van der Waals surface area (Å²) in [6, 6.07) is 1.89. The van der Waals surface area contributed by atoms with Gasteiger partial charge in [-0.1, -0.05) is 6.92 Å². The van der Waals surface area contributed by atoms with Crippen LogP contribution in [-0.2, 0) is 0 Å². The number of hydrogen-bond acceptors (Lipinski definition) is 3. The number of rotatable bonds is 3. The maximum atomic E-state index is 5.37. The molecule has 2 aromatic rings. The van der Waals surface area contributed by atoms with Gasteiger partial charge in [0.05, 0.1) is 11.6 Å². The molecule has 0 unspecified atom stereocenters. The van der Waals surface area contributed by atoms with Gasteiger partial charge in [0.1, 0.15) is 12.0 Å². The first-order valence-electron chi connectivity index (χ1n) is 4.51. The molecule has 0 atom stereocenters. The molecule has 4 nitrogen and oxygen atoms in total. The van der Waals surface area contributed by atoms with Gasteiger partial charge in [-0.05, 0) is 18.6 Å². The number of allylic oxidation sites excluding steroid dienone is 1. The van der Waals surface area contributed by atoms with E-state index in [0.29, 0.717) is 5.88 Å². The van der Waals surface area contributed by atoms with Crippen molar-refractivity contribution in [3.63, 3.8) is 0 Å². The number of hydrogen-bond donors (Lipinski definition) is 1. The van der Waals surface area contributed by atoms with Crippen LogP contribution in [-0.4, -0.2) is 15.0 Å². The first-order valence-corrected chi connectivity index (χ1v) is 4.51. The zero-order valence-corrected chi connectivity index (χ0v) is 7.90. The Labute approximate surface area is 81.6 Å². The van der Waals surface area contributed by atoms with Gasteiger partial charge in [-0.3, -0.25) is 0 Å². The van der Waals surface area contributed by atoms with Crippen LogP contribution in [0.4, 0.5) is 0 Å². The van der Waals surface area contributed by atoms with Crippen molar-refractivity contribution < 1.29 is 4.74 Å². The number of H-pyrrole nitrogens is 1. The molecule has 0 saturated heterocycles. The summed E-state index contributed by atoms with van der Waals surface area (Å²) in [6.07, 6.45) is 7.82. The van der Waals surface area contributed by atoms with Gasteiger partial charge in [0.2, 0.25) is 5.88 Å². The number of nitrogens with one attached hydrogen (secondary N) is 1. The van der Waals surface area contributed by atoms with E-state index in [1.165, 1.54) is 6.33 Å². The van der Waals surface area contributed by atoms with E-state index < -0.39 is 0 Å². The number of ether oxygens (including phenoxy) is 1. The van der Waals surface area contributed by atoms with E-state index in [0.717, 1.165) is 17.5 Å². The molecule has 72 valence electrons. The summed E-state index contributed by atoms with van der Waals surface area (Å²) >= 11 is 0. The molecule has 0 amide bonds. The smallest absolute Gasteiger partial charge is 0.231 e. The van der Waals surface area contributed by atoms with E-state index in [1.54, 1.807) is 6.26 Å². The minimum absolute atomic E-state index is 0.584. The van der Waals surface area contributed by atoms with Gasteiger partial charge in [-0.2, -0.15) is 0 Å². The van der Waals surface area contributed by atoms with Gasteiger partial charge in [-0.15, -0.1) is 0 Å². The molecule has 4 heteroatoms. The highest BCUT2D eigenvalue weighted by Crippen LogP contribution is 2.19. The van der Waals surface area contributed by atoms with Gasteiger partial charge < -0.3 is 9.72 Å². The topological polar surface area (TPSA) is 50.8 Å². The third kappa shape index (κ3) is 1.59. The van der Waals surface area contributed by atoms with Crippen molar-refractivity contribution in [2.24, 2.45) is 0 Å². The van der Waals surface area contributed by atoms with Crippen LogP contribution in [0.25, 0.3) is 11.0 Å². The van der Waals surface area contributed by atoms with E-state index >= 15 is 0 Å². The summed E-state index contributed by atoms with van der Waals surface area (Å²) in [4.78, 5) is 11.1. The van der Waals surface area contributed by atoms with E-state index in [-0.39, 0.29) is 0 Å². The fourth-order valence-electron chi connectivity index (χ4n) is 1.15. The third-order valence-electron chi connectivity index (χ3n) is 1.83. The maximum absolute atomic E-state index is 5.37. The molecule has 0 saturated carbocycles. The molecular formula is C10H11N3O. The van der Waals surface area contributed by atoms with E-state index in [9.17, 15) is 0 Å². The van der Waals surface area contributed by atoms with Crippen molar-refractivity contribution >= 4 is 11.0 Å². The van der Waals surface area contributed by atoms with Crippen LogP contribution in [0, 0.1) is 0 Å². The second-order valence-corrected chi connectivity index (χ2v) is 2.82. The molecular weight excluding hydrogens is 178 g/mol. The van der Waals surface area contributed by atoms with Crippen molar-refractivity contribution in [2.75, 3.05) is 0 Å². The molecule has 1 N–H and O–H groups in total. The predicted molar refractivity (Wildman–Crippen MR) is 53.9 cm³/mol. The second kappa shape index (κ2) is 3.91. The van der Waals surface area contributed by atoms with Crippen molar-refractivity contribution in [3.8, 4) is 5.88 Å². The van der Waals surface area contributed by atoms with Crippen LogP contribution in [0.5, 0.6) is 5.88 Å². The average molecular weight is 189 g/mol. The molecule has 2 heterocycles. The number of nitrogens with zero attached hydrogens (tertiary/aromatic N) is 2. The lowest BCUT2D eigenvalue weighted by atomic mass is 10.4. The molecule has 0 fully saturated rings. The van der Waals surface area contributed by atoms with E-state index in [1.807, 2.05) is 25.3 Å². The lowest BCUT2D eigenvalue weighted by molar-refractivity contribution is 0.464. The van der Waals surface area contributed by atoms with Crippen molar-refractivity contribution in [3.05, 3.63) is 30.9 Å². The van der Waals surface area contributed by atoms with Gasteiger partial charge in [0.25, 0.3) is 0 Å². The molecule has 0 radical (unpaired) electrons. The maximum Gasteiger partial charge on any atom is 0.231 e. The van der Waals surface area contributed by atoms with Crippen LogP contribution < -0.4 is 4.74 Å². The summed E-state index contributed by atoms with van der Waals surface area (Å²) in [7, 11) is 0. The monoisotopic (exact) mass is 189 g/mol. The third-order valence-corrected chi connectivity index (χ3v) is 1.83. The van der Waals surface area contributed by atoms with E-state index in [2.05, 4.69) is 15.0 Å². The van der Waals surface area contributed by atoms with Gasteiger partial charge in [-0.25, -0.2) is 9.97 Å². The molecule has 0 spiro atoms. The zero-order chi connectivity index (χ0) is 9.80. The Morgan fingerprint density at radius 3 is 3.29 bits per heavy atom. The Kier molecular flexibility index (Phi) is 2.44. The Hall–Kier alpha value is -1.84. The highest BCUT2D eigenvalue weighted by molar-refractivity contribution is 5.80. The molecule has 2 aromatic heterocycles. The molecule has 2 rings (SSSR count). The van der Waals surface area contributed by atoms with Gasteiger partial charge >= 0.3 is 0 Å². The fourth-order valence-corrected chi connectivity index (χ4v) is 1.15. The quantitative estimate of drug-likeness (QED) is 0.753. The Morgan fingerprint density at radius 2 is 2.43 bits per heavy atom. The van der Waals surface area contributed by atoms with Crippen LogP contribution >= 0.6 is 0 Å².